The minimum absolute atomic E-state index is 0.0903. The lowest BCUT2D eigenvalue weighted by atomic mass is 10.0. The van der Waals surface area contributed by atoms with Gasteiger partial charge < -0.3 is 10.8 Å². The molecule has 1 aliphatic carbocycles. The van der Waals surface area contributed by atoms with Crippen LogP contribution in [0.1, 0.15) is 30.4 Å². The number of phenols is 1. The summed E-state index contributed by atoms with van der Waals surface area (Å²) in [7, 11) is 0. The summed E-state index contributed by atoms with van der Waals surface area (Å²) in [6.45, 7) is 1.90. The molecule has 3 N–H and O–H groups in total. The number of rotatable bonds is 3. The van der Waals surface area contributed by atoms with E-state index in [-0.39, 0.29) is 5.54 Å². The van der Waals surface area contributed by atoms with Gasteiger partial charge in [0, 0.05) is 15.6 Å². The van der Waals surface area contributed by atoms with Gasteiger partial charge in [0.05, 0.1) is 0 Å². The molecule has 0 atom stereocenters. The molecule has 0 radical (unpaired) electrons. The summed E-state index contributed by atoms with van der Waals surface area (Å²) >= 11 is 3.44. The molecule has 1 aromatic rings. The fourth-order valence-corrected chi connectivity index (χ4v) is 2.16. The van der Waals surface area contributed by atoms with E-state index in [1.54, 1.807) is 0 Å². The molecule has 15 heavy (non-hydrogen) atoms. The maximum atomic E-state index is 9.66. The molecular weight excluding hydrogens is 254 g/mol. The standard InChI is InChI=1S/C12H16BrNO/c1-8-10(13)6-9(7-11(8)15)2-3-12(14)4-5-12/h6-7,15H,2-5,14H2,1H3. The van der Waals surface area contributed by atoms with Crippen molar-refractivity contribution in [1.82, 2.24) is 0 Å². The second-order valence-electron chi connectivity index (χ2n) is 4.58. The highest BCUT2D eigenvalue weighted by Crippen LogP contribution is 2.37. The number of aryl methyl sites for hydroxylation is 1. The summed E-state index contributed by atoms with van der Waals surface area (Å²) in [6.07, 6.45) is 4.25. The maximum absolute atomic E-state index is 9.66. The lowest BCUT2D eigenvalue weighted by Crippen LogP contribution is -2.22. The van der Waals surface area contributed by atoms with E-state index < -0.39 is 0 Å². The molecule has 0 spiro atoms. The van der Waals surface area contributed by atoms with E-state index in [4.69, 9.17) is 5.73 Å². The van der Waals surface area contributed by atoms with Gasteiger partial charge in [-0.25, -0.2) is 0 Å². The SMILES string of the molecule is Cc1c(O)cc(CCC2(N)CC2)cc1Br. The number of benzene rings is 1. The van der Waals surface area contributed by atoms with E-state index in [0.717, 1.165) is 41.3 Å². The highest BCUT2D eigenvalue weighted by Gasteiger charge is 2.37. The molecule has 1 fully saturated rings. The Morgan fingerprint density at radius 2 is 2.13 bits per heavy atom. The Morgan fingerprint density at radius 3 is 2.67 bits per heavy atom. The summed E-state index contributed by atoms with van der Waals surface area (Å²) in [4.78, 5) is 0. The summed E-state index contributed by atoms with van der Waals surface area (Å²) in [6, 6.07) is 3.91. The van der Waals surface area contributed by atoms with Crippen molar-refractivity contribution in [1.29, 1.82) is 0 Å². The smallest absolute Gasteiger partial charge is 0.119 e. The Bertz CT molecular complexity index is 362. The first kappa shape index (κ1) is 11.0. The van der Waals surface area contributed by atoms with Crippen LogP contribution in [-0.4, -0.2) is 10.6 Å². The van der Waals surface area contributed by atoms with E-state index in [1.807, 2.05) is 13.0 Å². The van der Waals surface area contributed by atoms with E-state index >= 15 is 0 Å². The zero-order chi connectivity index (χ0) is 11.1. The first-order valence-electron chi connectivity index (χ1n) is 5.27. The quantitative estimate of drug-likeness (QED) is 0.887. The van der Waals surface area contributed by atoms with Gasteiger partial charge in [-0.15, -0.1) is 0 Å². The minimum atomic E-state index is 0.0903. The molecule has 0 aromatic heterocycles. The number of hydrogen-bond donors (Lipinski definition) is 2. The van der Waals surface area contributed by atoms with E-state index in [0.29, 0.717) is 5.75 Å². The van der Waals surface area contributed by atoms with Crippen LogP contribution in [0, 0.1) is 6.92 Å². The molecule has 0 unspecified atom stereocenters. The van der Waals surface area contributed by atoms with Crippen molar-refractivity contribution in [2.45, 2.75) is 38.1 Å². The van der Waals surface area contributed by atoms with E-state index in [1.165, 1.54) is 0 Å². The van der Waals surface area contributed by atoms with Gasteiger partial charge >= 0.3 is 0 Å². The molecule has 0 heterocycles. The Kier molecular flexibility index (Phi) is 2.77. The number of halogens is 1. The summed E-state index contributed by atoms with van der Waals surface area (Å²) in [5.41, 5.74) is 8.17. The van der Waals surface area contributed by atoms with Gasteiger partial charge in [0.15, 0.2) is 0 Å². The van der Waals surface area contributed by atoms with E-state index in [2.05, 4.69) is 22.0 Å². The third kappa shape index (κ3) is 2.52. The maximum Gasteiger partial charge on any atom is 0.119 e. The van der Waals surface area contributed by atoms with Crippen LogP contribution in [0.3, 0.4) is 0 Å². The minimum Gasteiger partial charge on any atom is -0.508 e. The van der Waals surface area contributed by atoms with Crippen LogP contribution in [0.15, 0.2) is 16.6 Å². The molecule has 2 rings (SSSR count). The van der Waals surface area contributed by atoms with Gasteiger partial charge in [0.25, 0.3) is 0 Å². The highest BCUT2D eigenvalue weighted by atomic mass is 79.9. The summed E-state index contributed by atoms with van der Waals surface area (Å²) in [5.74, 6) is 0.362. The van der Waals surface area contributed by atoms with Crippen molar-refractivity contribution in [3.8, 4) is 5.75 Å². The molecule has 82 valence electrons. The largest absolute Gasteiger partial charge is 0.508 e. The van der Waals surface area contributed by atoms with Crippen molar-refractivity contribution in [2.24, 2.45) is 5.73 Å². The van der Waals surface area contributed by atoms with Crippen LogP contribution in [-0.2, 0) is 6.42 Å². The average molecular weight is 270 g/mol. The lowest BCUT2D eigenvalue weighted by molar-refractivity contribution is 0.469. The van der Waals surface area contributed by atoms with Crippen LogP contribution in [0.4, 0.5) is 0 Å². The second-order valence-corrected chi connectivity index (χ2v) is 5.44. The first-order chi connectivity index (χ1) is 7.00. The third-order valence-electron chi connectivity index (χ3n) is 3.18. The van der Waals surface area contributed by atoms with Crippen molar-refractivity contribution in [2.75, 3.05) is 0 Å². The predicted octanol–water partition coefficient (Wildman–Crippen LogP) is 2.89. The molecule has 0 saturated heterocycles. The molecule has 3 heteroatoms. The Morgan fingerprint density at radius 1 is 1.47 bits per heavy atom. The summed E-state index contributed by atoms with van der Waals surface area (Å²) < 4.78 is 0.972. The van der Waals surface area contributed by atoms with Crippen molar-refractivity contribution in [3.05, 3.63) is 27.7 Å². The summed E-state index contributed by atoms with van der Waals surface area (Å²) in [5, 5.41) is 9.66. The molecule has 1 aromatic carbocycles. The Hall–Kier alpha value is -0.540. The van der Waals surface area contributed by atoms with Gasteiger partial charge in [-0.1, -0.05) is 15.9 Å². The van der Waals surface area contributed by atoms with Crippen LogP contribution in [0.25, 0.3) is 0 Å². The van der Waals surface area contributed by atoms with Gasteiger partial charge in [-0.05, 0) is 50.3 Å². The zero-order valence-corrected chi connectivity index (χ0v) is 10.5. The van der Waals surface area contributed by atoms with Gasteiger partial charge in [-0.3, -0.25) is 0 Å². The lowest BCUT2D eigenvalue weighted by Gasteiger charge is -2.10. The molecule has 1 aliphatic rings. The average Bonchev–Trinajstić information content (AvgIpc) is 2.90. The molecular formula is C12H16BrNO. The van der Waals surface area contributed by atoms with Gasteiger partial charge in [0.1, 0.15) is 5.75 Å². The molecule has 2 nitrogen and oxygen atoms in total. The predicted molar refractivity (Wildman–Crippen MR) is 65.0 cm³/mol. The fraction of sp³-hybridized carbons (Fsp3) is 0.500. The number of phenolic OH excluding ortho intramolecular Hbond substituents is 1. The zero-order valence-electron chi connectivity index (χ0n) is 8.89. The van der Waals surface area contributed by atoms with Crippen molar-refractivity contribution in [3.63, 3.8) is 0 Å². The first-order valence-corrected chi connectivity index (χ1v) is 6.06. The number of aromatic hydroxyl groups is 1. The van der Waals surface area contributed by atoms with Crippen LogP contribution in [0.5, 0.6) is 5.75 Å². The molecule has 0 aliphatic heterocycles. The van der Waals surface area contributed by atoms with Crippen LogP contribution in [0.2, 0.25) is 0 Å². The number of hydrogen-bond acceptors (Lipinski definition) is 2. The van der Waals surface area contributed by atoms with Crippen molar-refractivity contribution < 1.29 is 5.11 Å². The van der Waals surface area contributed by atoms with Crippen LogP contribution < -0.4 is 5.73 Å². The monoisotopic (exact) mass is 269 g/mol. The number of nitrogens with two attached hydrogens (primary N) is 1. The fourth-order valence-electron chi connectivity index (χ4n) is 1.67. The van der Waals surface area contributed by atoms with Gasteiger partial charge in [-0.2, -0.15) is 0 Å². The molecule has 0 bridgehead atoms. The van der Waals surface area contributed by atoms with Crippen molar-refractivity contribution >= 4 is 15.9 Å². The molecule has 0 amide bonds. The van der Waals surface area contributed by atoms with Crippen LogP contribution >= 0.6 is 15.9 Å². The topological polar surface area (TPSA) is 46.2 Å². The normalized spacial score (nSPS) is 17.8. The third-order valence-corrected chi connectivity index (χ3v) is 4.00. The van der Waals surface area contributed by atoms with Gasteiger partial charge in [0.2, 0.25) is 0 Å². The highest BCUT2D eigenvalue weighted by molar-refractivity contribution is 9.10. The Balaban J connectivity index is 2.08. The molecule has 1 saturated carbocycles. The second kappa shape index (κ2) is 3.80. The Labute approximate surface area is 98.6 Å². The van der Waals surface area contributed by atoms with E-state index in [9.17, 15) is 5.11 Å².